The maximum absolute atomic E-state index is 12.8. The molecule has 0 N–H and O–H groups in total. The van der Waals surface area contributed by atoms with E-state index in [1.54, 1.807) is 6.92 Å². The average Bonchev–Trinajstić information content (AvgIpc) is 2.12. The van der Waals surface area contributed by atoms with E-state index in [-0.39, 0.29) is 25.9 Å². The van der Waals surface area contributed by atoms with Crippen molar-refractivity contribution in [3.63, 3.8) is 0 Å². The Morgan fingerprint density at radius 3 is 2.36 bits per heavy atom. The quantitative estimate of drug-likeness (QED) is 0.467. The molecule has 0 saturated heterocycles. The Labute approximate surface area is 83.3 Å². The molecular formula is C9H17FO4. The molecule has 0 amide bonds. The number of hydrogen-bond donors (Lipinski definition) is 0. The van der Waals surface area contributed by atoms with Crippen molar-refractivity contribution >= 4 is 5.97 Å². The lowest BCUT2D eigenvalue weighted by Crippen LogP contribution is -2.24. The van der Waals surface area contributed by atoms with Gasteiger partial charge in [0.2, 0.25) is 0 Å². The van der Waals surface area contributed by atoms with Crippen LogP contribution in [0.3, 0.4) is 0 Å². The fourth-order valence-electron chi connectivity index (χ4n) is 0.711. The number of rotatable bonds is 7. The maximum Gasteiger partial charge on any atom is 0.368 e. The van der Waals surface area contributed by atoms with Crippen molar-refractivity contribution in [2.24, 2.45) is 0 Å². The predicted octanol–water partition coefficient (Wildman–Crippen LogP) is 1.29. The summed E-state index contributed by atoms with van der Waals surface area (Å²) >= 11 is 0. The van der Waals surface area contributed by atoms with Crippen molar-refractivity contribution in [3.05, 3.63) is 0 Å². The Hall–Kier alpha value is -0.680. The highest BCUT2D eigenvalue weighted by Crippen LogP contribution is 1.98. The number of esters is 1. The van der Waals surface area contributed by atoms with Gasteiger partial charge in [-0.2, -0.15) is 0 Å². The lowest BCUT2D eigenvalue weighted by atomic mass is 10.5. The fourth-order valence-corrected chi connectivity index (χ4v) is 0.711. The van der Waals surface area contributed by atoms with E-state index in [0.717, 1.165) is 0 Å². The number of carbonyl (C=O) groups is 1. The van der Waals surface area contributed by atoms with Crippen LogP contribution in [0, 0.1) is 0 Å². The van der Waals surface area contributed by atoms with Gasteiger partial charge in [0.15, 0.2) is 0 Å². The Morgan fingerprint density at radius 2 is 1.86 bits per heavy atom. The van der Waals surface area contributed by atoms with E-state index in [9.17, 15) is 9.18 Å². The first-order chi connectivity index (χ1) is 6.57. The van der Waals surface area contributed by atoms with E-state index in [0.29, 0.717) is 0 Å². The standard InChI is InChI=1S/C9H17FO4/c1-4-12-9(11)8(10)14-6-5-13-7(2)3/h7-8H,4-6H2,1-3H3. The Kier molecular flexibility index (Phi) is 7.32. The SMILES string of the molecule is CCOC(=O)C(F)OCCOC(C)C. The second kappa shape index (κ2) is 7.70. The molecule has 0 radical (unpaired) electrons. The zero-order valence-corrected chi connectivity index (χ0v) is 8.79. The third-order valence-electron chi connectivity index (χ3n) is 1.27. The molecule has 0 aromatic rings. The van der Waals surface area contributed by atoms with Crippen LogP contribution in [0.1, 0.15) is 20.8 Å². The molecule has 0 spiro atoms. The molecule has 1 unspecified atom stereocenters. The first kappa shape index (κ1) is 13.3. The van der Waals surface area contributed by atoms with Crippen molar-refractivity contribution in [1.29, 1.82) is 0 Å². The van der Waals surface area contributed by atoms with Gasteiger partial charge in [-0.3, -0.25) is 0 Å². The average molecular weight is 208 g/mol. The van der Waals surface area contributed by atoms with E-state index >= 15 is 0 Å². The van der Waals surface area contributed by atoms with Crippen LogP contribution >= 0.6 is 0 Å². The van der Waals surface area contributed by atoms with Crippen LogP contribution in [0.2, 0.25) is 0 Å². The molecule has 14 heavy (non-hydrogen) atoms. The molecule has 0 aliphatic heterocycles. The van der Waals surface area contributed by atoms with Gasteiger partial charge in [-0.25, -0.2) is 9.18 Å². The van der Waals surface area contributed by atoms with Gasteiger partial charge >= 0.3 is 5.97 Å². The maximum atomic E-state index is 12.8. The fraction of sp³-hybridized carbons (Fsp3) is 0.889. The van der Waals surface area contributed by atoms with Crippen molar-refractivity contribution in [2.75, 3.05) is 19.8 Å². The summed E-state index contributed by atoms with van der Waals surface area (Å²) in [4.78, 5) is 10.7. The second-order valence-corrected chi connectivity index (χ2v) is 2.86. The minimum absolute atomic E-state index is 0.0398. The molecule has 0 aromatic heterocycles. The van der Waals surface area contributed by atoms with Crippen LogP contribution in [-0.2, 0) is 19.0 Å². The molecule has 0 aliphatic carbocycles. The Bertz CT molecular complexity index is 161. The number of halogens is 1. The molecule has 1 atom stereocenters. The van der Waals surface area contributed by atoms with Gasteiger partial charge < -0.3 is 14.2 Å². The number of hydrogen-bond acceptors (Lipinski definition) is 4. The first-order valence-corrected chi connectivity index (χ1v) is 4.61. The molecule has 4 nitrogen and oxygen atoms in total. The number of ether oxygens (including phenoxy) is 3. The molecular weight excluding hydrogens is 191 g/mol. The lowest BCUT2D eigenvalue weighted by molar-refractivity contribution is -0.171. The molecule has 0 saturated carbocycles. The molecule has 0 heterocycles. The summed E-state index contributed by atoms with van der Waals surface area (Å²) in [6.07, 6.45) is -1.94. The molecule has 0 bridgehead atoms. The summed E-state index contributed by atoms with van der Waals surface area (Å²) in [7, 11) is 0. The summed E-state index contributed by atoms with van der Waals surface area (Å²) < 4.78 is 26.8. The summed E-state index contributed by atoms with van der Waals surface area (Å²) in [5.41, 5.74) is 0. The summed E-state index contributed by atoms with van der Waals surface area (Å²) in [6.45, 7) is 5.77. The zero-order chi connectivity index (χ0) is 11.0. The molecule has 5 heteroatoms. The minimum atomic E-state index is -2.01. The highest BCUT2D eigenvalue weighted by atomic mass is 19.1. The number of alkyl halides is 1. The lowest BCUT2D eigenvalue weighted by Gasteiger charge is -2.10. The third kappa shape index (κ3) is 6.80. The Balaban J connectivity index is 3.43. The van der Waals surface area contributed by atoms with Gasteiger partial charge in [0.1, 0.15) is 0 Å². The van der Waals surface area contributed by atoms with Crippen molar-refractivity contribution in [2.45, 2.75) is 33.2 Å². The summed E-state index contributed by atoms with van der Waals surface area (Å²) in [6, 6.07) is 0. The Morgan fingerprint density at radius 1 is 1.29 bits per heavy atom. The van der Waals surface area contributed by atoms with Crippen molar-refractivity contribution in [3.8, 4) is 0 Å². The molecule has 84 valence electrons. The van der Waals surface area contributed by atoms with Crippen LogP contribution in [0.5, 0.6) is 0 Å². The van der Waals surface area contributed by atoms with Gasteiger partial charge in [0.05, 0.1) is 25.9 Å². The smallest absolute Gasteiger partial charge is 0.368 e. The molecule has 0 fully saturated rings. The van der Waals surface area contributed by atoms with Gasteiger partial charge in [0.25, 0.3) is 6.36 Å². The van der Waals surface area contributed by atoms with E-state index < -0.39 is 12.3 Å². The minimum Gasteiger partial charge on any atom is -0.462 e. The van der Waals surface area contributed by atoms with Crippen molar-refractivity contribution < 1.29 is 23.4 Å². The van der Waals surface area contributed by atoms with Gasteiger partial charge in [0, 0.05) is 0 Å². The zero-order valence-electron chi connectivity index (χ0n) is 8.79. The number of carbonyl (C=O) groups excluding carboxylic acids is 1. The molecule has 0 aliphatic rings. The van der Waals surface area contributed by atoms with E-state index in [1.165, 1.54) is 0 Å². The second-order valence-electron chi connectivity index (χ2n) is 2.86. The van der Waals surface area contributed by atoms with Gasteiger partial charge in [-0.1, -0.05) is 0 Å². The van der Waals surface area contributed by atoms with Crippen LogP contribution in [0.25, 0.3) is 0 Å². The molecule has 0 rings (SSSR count). The van der Waals surface area contributed by atoms with Crippen LogP contribution < -0.4 is 0 Å². The largest absolute Gasteiger partial charge is 0.462 e. The predicted molar refractivity (Wildman–Crippen MR) is 48.6 cm³/mol. The summed E-state index contributed by atoms with van der Waals surface area (Å²) in [5, 5.41) is 0. The third-order valence-corrected chi connectivity index (χ3v) is 1.27. The first-order valence-electron chi connectivity index (χ1n) is 4.61. The van der Waals surface area contributed by atoms with Gasteiger partial charge in [-0.05, 0) is 20.8 Å². The van der Waals surface area contributed by atoms with Crippen LogP contribution in [-0.4, -0.2) is 38.3 Å². The monoisotopic (exact) mass is 208 g/mol. The van der Waals surface area contributed by atoms with E-state index in [1.807, 2.05) is 13.8 Å². The van der Waals surface area contributed by atoms with Crippen LogP contribution in [0.15, 0.2) is 0 Å². The van der Waals surface area contributed by atoms with Crippen LogP contribution in [0.4, 0.5) is 4.39 Å². The van der Waals surface area contributed by atoms with Crippen molar-refractivity contribution in [1.82, 2.24) is 0 Å². The highest BCUT2D eigenvalue weighted by molar-refractivity contribution is 5.72. The topological polar surface area (TPSA) is 44.8 Å². The van der Waals surface area contributed by atoms with E-state index in [4.69, 9.17) is 4.74 Å². The van der Waals surface area contributed by atoms with E-state index in [2.05, 4.69) is 9.47 Å². The normalized spacial score (nSPS) is 12.9. The summed E-state index contributed by atoms with van der Waals surface area (Å²) in [5.74, 6) is -0.989. The highest BCUT2D eigenvalue weighted by Gasteiger charge is 2.18. The molecule has 0 aromatic carbocycles. The van der Waals surface area contributed by atoms with Gasteiger partial charge in [-0.15, -0.1) is 0 Å².